The second-order valence-electron chi connectivity index (χ2n) is 5.95. The lowest BCUT2D eigenvalue weighted by Crippen LogP contribution is -2.54. The number of carbonyl (C=O) groups is 1. The van der Waals surface area contributed by atoms with E-state index in [4.69, 9.17) is 10.3 Å². The summed E-state index contributed by atoms with van der Waals surface area (Å²) < 4.78 is 5.23. The Morgan fingerprint density at radius 3 is 2.62 bits per heavy atom. The van der Waals surface area contributed by atoms with Gasteiger partial charge in [0.05, 0.1) is 18.3 Å². The number of nitrogens with two attached hydrogens (primary N) is 1. The van der Waals surface area contributed by atoms with Crippen molar-refractivity contribution >= 4 is 5.91 Å². The molecule has 2 rings (SSSR count). The molecule has 0 aromatic carbocycles. The molecule has 0 aliphatic carbocycles. The Balaban J connectivity index is 1.81. The van der Waals surface area contributed by atoms with Crippen molar-refractivity contribution in [3.63, 3.8) is 0 Å². The largest absolute Gasteiger partial charge is 0.360 e. The first-order valence-electron chi connectivity index (χ1n) is 7.70. The first kappa shape index (κ1) is 16.0. The summed E-state index contributed by atoms with van der Waals surface area (Å²) in [6.07, 6.45) is 0.928. The molecule has 1 aliphatic rings. The number of aryl methyl sites for hydroxylation is 1. The third kappa shape index (κ3) is 4.04. The molecule has 6 heteroatoms. The van der Waals surface area contributed by atoms with Crippen molar-refractivity contribution < 1.29 is 9.32 Å². The lowest BCUT2D eigenvalue weighted by Gasteiger charge is -2.36. The molecule has 1 aromatic rings. The Kier molecular flexibility index (Phi) is 5.36. The summed E-state index contributed by atoms with van der Waals surface area (Å²) in [7, 11) is 0. The number of rotatable bonds is 5. The van der Waals surface area contributed by atoms with Gasteiger partial charge in [0, 0.05) is 32.2 Å². The zero-order valence-corrected chi connectivity index (χ0v) is 13.2. The second kappa shape index (κ2) is 7.04. The van der Waals surface area contributed by atoms with E-state index in [0.29, 0.717) is 0 Å². The molecule has 0 spiro atoms. The summed E-state index contributed by atoms with van der Waals surface area (Å²) >= 11 is 0. The van der Waals surface area contributed by atoms with Gasteiger partial charge in [-0.1, -0.05) is 25.4 Å². The third-order valence-corrected chi connectivity index (χ3v) is 4.28. The fraction of sp³-hybridized carbons (Fsp3) is 0.733. The van der Waals surface area contributed by atoms with Crippen LogP contribution in [0.5, 0.6) is 0 Å². The molecule has 1 saturated heterocycles. The maximum atomic E-state index is 12.3. The molecule has 21 heavy (non-hydrogen) atoms. The summed E-state index contributed by atoms with van der Waals surface area (Å²) in [5.74, 6) is 1.19. The minimum atomic E-state index is -0.376. The molecule has 118 valence electrons. The molecular weight excluding hydrogens is 268 g/mol. The lowest BCUT2D eigenvalue weighted by molar-refractivity contribution is -0.135. The van der Waals surface area contributed by atoms with E-state index in [1.807, 2.05) is 24.8 Å². The number of nitrogens with zero attached hydrogens (tertiary/aromatic N) is 3. The van der Waals surface area contributed by atoms with Crippen molar-refractivity contribution in [3.05, 3.63) is 17.5 Å². The minimum absolute atomic E-state index is 0.0829. The molecular formula is C15H26N4O2. The van der Waals surface area contributed by atoms with Crippen LogP contribution >= 0.6 is 0 Å². The molecule has 2 atom stereocenters. The zero-order chi connectivity index (χ0) is 15.4. The Morgan fingerprint density at radius 1 is 1.43 bits per heavy atom. The van der Waals surface area contributed by atoms with Gasteiger partial charge in [0.1, 0.15) is 0 Å². The van der Waals surface area contributed by atoms with Crippen LogP contribution in [0, 0.1) is 12.8 Å². The summed E-state index contributed by atoms with van der Waals surface area (Å²) in [6.45, 7) is 9.92. The van der Waals surface area contributed by atoms with Crippen LogP contribution in [0.4, 0.5) is 0 Å². The molecule has 1 fully saturated rings. The molecule has 0 saturated carbocycles. The fourth-order valence-corrected chi connectivity index (χ4v) is 2.55. The van der Waals surface area contributed by atoms with E-state index in [0.717, 1.165) is 50.6 Å². The number of amides is 1. The maximum absolute atomic E-state index is 12.3. The summed E-state index contributed by atoms with van der Waals surface area (Å²) in [4.78, 5) is 16.5. The highest BCUT2D eigenvalue weighted by atomic mass is 16.5. The fourth-order valence-electron chi connectivity index (χ4n) is 2.55. The van der Waals surface area contributed by atoms with Crippen LogP contribution in [-0.4, -0.2) is 53.1 Å². The van der Waals surface area contributed by atoms with Gasteiger partial charge in [0.15, 0.2) is 5.76 Å². The van der Waals surface area contributed by atoms with E-state index in [1.54, 1.807) is 0 Å². The Hall–Kier alpha value is -1.40. The van der Waals surface area contributed by atoms with Crippen molar-refractivity contribution in [2.24, 2.45) is 11.7 Å². The number of hydrogen-bond acceptors (Lipinski definition) is 5. The first-order valence-corrected chi connectivity index (χ1v) is 7.70. The van der Waals surface area contributed by atoms with Crippen LogP contribution in [0.3, 0.4) is 0 Å². The Morgan fingerprint density at radius 2 is 2.10 bits per heavy atom. The van der Waals surface area contributed by atoms with E-state index in [2.05, 4.69) is 17.0 Å². The molecule has 1 amide bonds. The van der Waals surface area contributed by atoms with Gasteiger partial charge in [-0.05, 0) is 12.8 Å². The molecule has 0 bridgehead atoms. The number of hydrogen-bond donors (Lipinski definition) is 1. The van der Waals surface area contributed by atoms with Gasteiger partial charge in [-0.2, -0.15) is 0 Å². The molecule has 6 nitrogen and oxygen atoms in total. The quantitative estimate of drug-likeness (QED) is 0.877. The lowest BCUT2D eigenvalue weighted by atomic mass is 9.98. The van der Waals surface area contributed by atoms with Gasteiger partial charge in [0.25, 0.3) is 0 Å². The maximum Gasteiger partial charge on any atom is 0.239 e. The smallest absolute Gasteiger partial charge is 0.239 e. The predicted octanol–water partition coefficient (Wildman–Crippen LogP) is 1.00. The van der Waals surface area contributed by atoms with Crippen molar-refractivity contribution in [1.29, 1.82) is 0 Å². The van der Waals surface area contributed by atoms with Crippen molar-refractivity contribution in [2.75, 3.05) is 26.2 Å². The average molecular weight is 294 g/mol. The third-order valence-electron chi connectivity index (χ3n) is 4.28. The highest BCUT2D eigenvalue weighted by Crippen LogP contribution is 2.13. The summed E-state index contributed by atoms with van der Waals surface area (Å²) in [5.41, 5.74) is 6.94. The van der Waals surface area contributed by atoms with Gasteiger partial charge in [-0.15, -0.1) is 0 Å². The van der Waals surface area contributed by atoms with E-state index in [-0.39, 0.29) is 17.9 Å². The van der Waals surface area contributed by atoms with Crippen LogP contribution in [-0.2, 0) is 11.3 Å². The van der Waals surface area contributed by atoms with Crippen molar-refractivity contribution in [1.82, 2.24) is 15.0 Å². The summed E-state index contributed by atoms with van der Waals surface area (Å²) in [6, 6.07) is 1.58. The topological polar surface area (TPSA) is 75.6 Å². The first-order chi connectivity index (χ1) is 10.0. The van der Waals surface area contributed by atoms with E-state index in [9.17, 15) is 4.79 Å². The monoisotopic (exact) mass is 294 g/mol. The van der Waals surface area contributed by atoms with Crippen molar-refractivity contribution in [3.8, 4) is 0 Å². The van der Waals surface area contributed by atoms with Crippen LogP contribution in [0.15, 0.2) is 10.6 Å². The second-order valence-corrected chi connectivity index (χ2v) is 5.95. The van der Waals surface area contributed by atoms with Gasteiger partial charge >= 0.3 is 0 Å². The Labute approximate surface area is 126 Å². The summed E-state index contributed by atoms with van der Waals surface area (Å²) in [5, 5.41) is 3.89. The van der Waals surface area contributed by atoms with Crippen LogP contribution < -0.4 is 5.73 Å². The molecule has 2 N–H and O–H groups in total. The number of carbonyl (C=O) groups excluding carboxylic acids is 1. The molecule has 0 radical (unpaired) electrons. The molecule has 1 aliphatic heterocycles. The van der Waals surface area contributed by atoms with Crippen LogP contribution in [0.2, 0.25) is 0 Å². The van der Waals surface area contributed by atoms with E-state index >= 15 is 0 Å². The standard InChI is InChI=1S/C15H26N4O2/c1-4-11(2)14(16)15(20)19-7-5-18(6-8-19)10-13-9-12(3)17-21-13/h9,11,14H,4-8,10,16H2,1-3H3/t11?,14-/m0/s1. The minimum Gasteiger partial charge on any atom is -0.360 e. The molecule has 1 unspecified atom stereocenters. The average Bonchev–Trinajstić information content (AvgIpc) is 2.90. The predicted molar refractivity (Wildman–Crippen MR) is 80.5 cm³/mol. The normalized spacial score (nSPS) is 19.5. The number of piperazine rings is 1. The van der Waals surface area contributed by atoms with Gasteiger partial charge in [0.2, 0.25) is 5.91 Å². The van der Waals surface area contributed by atoms with Crippen LogP contribution in [0.25, 0.3) is 0 Å². The molecule has 1 aromatic heterocycles. The Bertz CT molecular complexity index is 466. The van der Waals surface area contributed by atoms with E-state index in [1.165, 1.54) is 0 Å². The van der Waals surface area contributed by atoms with Crippen LogP contribution in [0.1, 0.15) is 31.7 Å². The highest BCUT2D eigenvalue weighted by Gasteiger charge is 2.28. The SMILES string of the molecule is CCC(C)[C@H](N)C(=O)N1CCN(Cc2cc(C)no2)CC1. The van der Waals surface area contributed by atoms with Gasteiger partial charge in [-0.25, -0.2) is 0 Å². The van der Waals surface area contributed by atoms with E-state index < -0.39 is 0 Å². The number of aromatic nitrogens is 1. The van der Waals surface area contributed by atoms with Crippen molar-refractivity contribution in [2.45, 2.75) is 39.8 Å². The zero-order valence-electron chi connectivity index (χ0n) is 13.2. The molecule has 2 heterocycles. The van der Waals surface area contributed by atoms with Gasteiger partial charge in [-0.3, -0.25) is 9.69 Å². The van der Waals surface area contributed by atoms with Gasteiger partial charge < -0.3 is 15.2 Å². The highest BCUT2D eigenvalue weighted by molar-refractivity contribution is 5.82.